The molecule has 20 heavy (non-hydrogen) atoms. The second kappa shape index (κ2) is 6.28. The minimum atomic E-state index is 0.575. The van der Waals surface area contributed by atoms with Gasteiger partial charge < -0.3 is 10.2 Å². The summed E-state index contributed by atoms with van der Waals surface area (Å²) >= 11 is 0. The molecule has 2 heterocycles. The molecule has 1 aromatic rings. The average Bonchev–Trinajstić information content (AvgIpc) is 2.41. The van der Waals surface area contributed by atoms with Gasteiger partial charge in [-0.15, -0.1) is 0 Å². The van der Waals surface area contributed by atoms with E-state index in [0.717, 1.165) is 24.5 Å². The molecule has 0 aliphatic carbocycles. The van der Waals surface area contributed by atoms with E-state index in [2.05, 4.69) is 54.5 Å². The molecule has 0 saturated carbocycles. The molecule has 3 rings (SSSR count). The smallest absolute Gasteiger partial charge is 0.0110 e. The van der Waals surface area contributed by atoms with Gasteiger partial charge in [0.2, 0.25) is 0 Å². The van der Waals surface area contributed by atoms with E-state index in [9.17, 15) is 0 Å². The number of hydrogen-bond donors (Lipinski definition) is 1. The van der Waals surface area contributed by atoms with Crippen LogP contribution in [0.4, 0.5) is 0 Å². The Morgan fingerprint density at radius 3 is 2.45 bits per heavy atom. The van der Waals surface area contributed by atoms with Crippen molar-refractivity contribution in [1.29, 1.82) is 0 Å². The zero-order valence-corrected chi connectivity index (χ0v) is 12.9. The Kier molecular flexibility index (Phi) is 4.42. The summed E-state index contributed by atoms with van der Waals surface area (Å²) in [5.41, 5.74) is 1.45. The van der Waals surface area contributed by atoms with Gasteiger partial charge in [0.25, 0.3) is 0 Å². The molecule has 2 bridgehead atoms. The molecule has 2 nitrogen and oxygen atoms in total. The number of nitrogens with zero attached hydrogens (tertiary/aromatic N) is 1. The molecule has 1 N–H and O–H groups in total. The predicted octanol–water partition coefficient (Wildman–Crippen LogP) is 3.22. The topological polar surface area (TPSA) is 15.3 Å². The van der Waals surface area contributed by atoms with E-state index in [4.69, 9.17) is 0 Å². The van der Waals surface area contributed by atoms with Gasteiger partial charge in [0.05, 0.1) is 0 Å². The van der Waals surface area contributed by atoms with E-state index >= 15 is 0 Å². The van der Waals surface area contributed by atoms with Gasteiger partial charge in [0, 0.05) is 24.2 Å². The van der Waals surface area contributed by atoms with Gasteiger partial charge in [-0.3, -0.25) is 0 Å². The third-order valence-electron chi connectivity index (χ3n) is 5.24. The molecular weight excluding hydrogens is 244 g/mol. The van der Waals surface area contributed by atoms with E-state index in [1.54, 1.807) is 0 Å². The average molecular weight is 272 g/mol. The van der Waals surface area contributed by atoms with E-state index in [0.29, 0.717) is 6.04 Å². The van der Waals surface area contributed by atoms with E-state index in [-0.39, 0.29) is 0 Å². The summed E-state index contributed by atoms with van der Waals surface area (Å²) < 4.78 is 0. The Morgan fingerprint density at radius 2 is 1.80 bits per heavy atom. The van der Waals surface area contributed by atoms with Crippen LogP contribution in [-0.4, -0.2) is 36.1 Å². The van der Waals surface area contributed by atoms with Crippen LogP contribution in [0.15, 0.2) is 30.3 Å². The molecular formula is C18H28N2. The second-order valence-corrected chi connectivity index (χ2v) is 6.83. The monoisotopic (exact) mass is 272 g/mol. The van der Waals surface area contributed by atoms with Crippen LogP contribution in [0.1, 0.15) is 44.6 Å². The number of piperidine rings is 2. The predicted molar refractivity (Wildman–Crippen MR) is 85.0 cm³/mol. The highest BCUT2D eigenvalue weighted by atomic mass is 15.2. The van der Waals surface area contributed by atoms with E-state index in [1.807, 2.05) is 0 Å². The minimum absolute atomic E-state index is 0.575. The third kappa shape index (κ3) is 3.24. The molecule has 2 aliphatic heterocycles. The largest absolute Gasteiger partial charge is 0.311 e. The lowest BCUT2D eigenvalue weighted by atomic mass is 9.82. The zero-order valence-electron chi connectivity index (χ0n) is 12.9. The first-order chi connectivity index (χ1) is 9.72. The molecule has 0 aromatic heterocycles. The Bertz CT molecular complexity index is 403. The Morgan fingerprint density at radius 1 is 1.15 bits per heavy atom. The molecule has 0 spiro atoms. The van der Waals surface area contributed by atoms with Crippen molar-refractivity contribution in [2.45, 2.75) is 69.6 Å². The van der Waals surface area contributed by atoms with Crippen molar-refractivity contribution in [2.75, 3.05) is 7.05 Å². The highest BCUT2D eigenvalue weighted by molar-refractivity contribution is 5.15. The number of nitrogens with one attached hydrogen (secondary N) is 1. The van der Waals surface area contributed by atoms with Gasteiger partial charge >= 0.3 is 0 Å². The van der Waals surface area contributed by atoms with Crippen molar-refractivity contribution in [3.05, 3.63) is 35.9 Å². The zero-order chi connectivity index (χ0) is 13.9. The summed E-state index contributed by atoms with van der Waals surface area (Å²) in [6.45, 7) is 2.33. The molecule has 2 aliphatic rings. The van der Waals surface area contributed by atoms with Crippen LogP contribution in [0, 0.1) is 0 Å². The van der Waals surface area contributed by atoms with Crippen molar-refractivity contribution in [1.82, 2.24) is 10.2 Å². The summed E-state index contributed by atoms with van der Waals surface area (Å²) in [7, 11) is 2.33. The van der Waals surface area contributed by atoms with E-state index < -0.39 is 0 Å². The number of fused-ring (bicyclic) bond motifs is 2. The third-order valence-corrected chi connectivity index (χ3v) is 5.24. The van der Waals surface area contributed by atoms with Crippen LogP contribution in [0.2, 0.25) is 0 Å². The molecule has 2 saturated heterocycles. The summed E-state index contributed by atoms with van der Waals surface area (Å²) in [5, 5.41) is 3.89. The number of rotatable bonds is 4. The fourth-order valence-corrected chi connectivity index (χ4v) is 4.18. The van der Waals surface area contributed by atoms with Crippen LogP contribution >= 0.6 is 0 Å². The molecule has 110 valence electrons. The normalized spacial score (nSPS) is 32.0. The van der Waals surface area contributed by atoms with Crippen LogP contribution in [0.5, 0.6) is 0 Å². The maximum absolute atomic E-state index is 3.89. The standard InChI is InChI=1S/C18H28N2/c1-14(11-15-7-4-3-5-8-15)19-16-12-17-9-6-10-18(13-16)20(17)2/h3-5,7-8,14,16-19H,6,9-13H2,1-2H3. The van der Waals surface area contributed by atoms with Crippen molar-refractivity contribution in [2.24, 2.45) is 0 Å². The number of benzene rings is 1. The maximum atomic E-state index is 3.89. The highest BCUT2D eigenvalue weighted by Gasteiger charge is 2.36. The molecule has 2 heteroatoms. The van der Waals surface area contributed by atoms with Crippen LogP contribution < -0.4 is 5.32 Å². The Balaban J connectivity index is 1.53. The summed E-state index contributed by atoms with van der Waals surface area (Å²) in [6.07, 6.45) is 8.06. The van der Waals surface area contributed by atoms with Gasteiger partial charge in [-0.1, -0.05) is 36.8 Å². The molecule has 2 fully saturated rings. The van der Waals surface area contributed by atoms with Gasteiger partial charge in [-0.05, 0) is 51.6 Å². The lowest BCUT2D eigenvalue weighted by Gasteiger charge is -2.47. The fraction of sp³-hybridized carbons (Fsp3) is 0.667. The van der Waals surface area contributed by atoms with E-state index in [1.165, 1.54) is 37.7 Å². The first kappa shape index (κ1) is 14.1. The van der Waals surface area contributed by atoms with Gasteiger partial charge in [-0.2, -0.15) is 0 Å². The molecule has 0 radical (unpaired) electrons. The van der Waals surface area contributed by atoms with Crippen LogP contribution in [0.3, 0.4) is 0 Å². The lowest BCUT2D eigenvalue weighted by molar-refractivity contribution is 0.0463. The quantitative estimate of drug-likeness (QED) is 0.905. The maximum Gasteiger partial charge on any atom is 0.0110 e. The Labute approximate surface area is 123 Å². The minimum Gasteiger partial charge on any atom is -0.311 e. The highest BCUT2D eigenvalue weighted by Crippen LogP contribution is 2.32. The first-order valence-corrected chi connectivity index (χ1v) is 8.24. The molecule has 3 atom stereocenters. The molecule has 1 aromatic carbocycles. The summed E-state index contributed by atoms with van der Waals surface area (Å²) in [5.74, 6) is 0. The van der Waals surface area contributed by atoms with Crippen molar-refractivity contribution >= 4 is 0 Å². The number of hydrogen-bond acceptors (Lipinski definition) is 2. The van der Waals surface area contributed by atoms with Crippen molar-refractivity contribution in [3.8, 4) is 0 Å². The Hall–Kier alpha value is -0.860. The van der Waals surface area contributed by atoms with Crippen LogP contribution in [-0.2, 0) is 6.42 Å². The first-order valence-electron chi connectivity index (χ1n) is 8.24. The molecule has 0 amide bonds. The van der Waals surface area contributed by atoms with Gasteiger partial charge in [0.1, 0.15) is 0 Å². The van der Waals surface area contributed by atoms with Crippen molar-refractivity contribution < 1.29 is 0 Å². The second-order valence-electron chi connectivity index (χ2n) is 6.83. The summed E-state index contributed by atoms with van der Waals surface area (Å²) in [4.78, 5) is 2.64. The van der Waals surface area contributed by atoms with Crippen molar-refractivity contribution in [3.63, 3.8) is 0 Å². The molecule has 3 unspecified atom stereocenters. The van der Waals surface area contributed by atoms with Crippen LogP contribution in [0.25, 0.3) is 0 Å². The SMILES string of the molecule is CC(Cc1ccccc1)NC1CC2CCCC(C1)N2C. The van der Waals surface area contributed by atoms with Gasteiger partial charge in [0.15, 0.2) is 0 Å². The summed E-state index contributed by atoms with van der Waals surface area (Å²) in [6, 6.07) is 13.8. The lowest BCUT2D eigenvalue weighted by Crippen LogP contribution is -2.55. The van der Waals surface area contributed by atoms with Gasteiger partial charge in [-0.25, -0.2) is 0 Å². The fourth-order valence-electron chi connectivity index (χ4n) is 4.18.